The van der Waals surface area contributed by atoms with Gasteiger partial charge in [-0.1, -0.05) is 83.9 Å². The molecule has 0 saturated heterocycles. The normalized spacial score (nSPS) is 14.7. The van der Waals surface area contributed by atoms with Crippen LogP contribution in [0.2, 0.25) is 10.0 Å². The zero-order valence-electron chi connectivity index (χ0n) is 23.5. The van der Waals surface area contributed by atoms with Gasteiger partial charge in [-0.05, 0) is 43.3 Å². The number of aryl methyl sites for hydroxylation is 1. The van der Waals surface area contributed by atoms with E-state index in [1.165, 1.54) is 5.06 Å². The molecule has 214 valence electrons. The molecular formula is C33H27Cl2N7O. The van der Waals surface area contributed by atoms with Gasteiger partial charge in [0.25, 0.3) is 0 Å². The number of rotatable bonds is 2. The lowest BCUT2D eigenvalue weighted by atomic mass is 10.0. The Kier molecular flexibility index (Phi) is 8.16. The summed E-state index contributed by atoms with van der Waals surface area (Å²) < 4.78 is 2.05. The molecule has 8 nitrogen and oxygen atoms in total. The van der Waals surface area contributed by atoms with E-state index in [0.717, 1.165) is 50.3 Å². The maximum atomic E-state index is 10.5. The predicted molar refractivity (Wildman–Crippen MR) is 170 cm³/mol. The van der Waals surface area contributed by atoms with E-state index in [2.05, 4.69) is 32.3 Å². The second-order valence-electron chi connectivity index (χ2n) is 9.88. The molecule has 0 fully saturated rings. The summed E-state index contributed by atoms with van der Waals surface area (Å²) in [6, 6.07) is 31.1. The van der Waals surface area contributed by atoms with Gasteiger partial charge in [0.05, 0.1) is 22.5 Å². The number of hydroxylamine groups is 2. The van der Waals surface area contributed by atoms with Crippen molar-refractivity contribution in [1.82, 2.24) is 19.8 Å². The van der Waals surface area contributed by atoms with E-state index < -0.39 is 0 Å². The molecule has 0 bridgehead atoms. The monoisotopic (exact) mass is 607 g/mol. The van der Waals surface area contributed by atoms with E-state index in [-0.39, 0.29) is 6.54 Å². The maximum Gasteiger partial charge on any atom is 0.159 e. The van der Waals surface area contributed by atoms with Crippen LogP contribution in [0.15, 0.2) is 112 Å². The standard InChI is InChI=1S/C17H13ClN4.C16H14ClN3O/c1-11-20-21-16-10-19-17(12-5-3-2-4-6-12)14-9-13(18)7-8-15(14)22(11)16;1-18-15-10-20(21)16(11-5-3-2-4-6-11)13-9-12(17)7-8-14(13)19-15/h2-9H,10H2,1H3;2-9,21H,10H2,1H3. The number of halogens is 2. The number of amidine groups is 1. The minimum Gasteiger partial charge on any atom is -0.288 e. The maximum absolute atomic E-state index is 10.5. The van der Waals surface area contributed by atoms with Crippen molar-refractivity contribution in [2.24, 2.45) is 15.0 Å². The molecule has 2 aliphatic heterocycles. The van der Waals surface area contributed by atoms with Crippen molar-refractivity contribution < 1.29 is 5.21 Å². The lowest BCUT2D eigenvalue weighted by molar-refractivity contribution is -0.0119. The Morgan fingerprint density at radius 3 is 2.21 bits per heavy atom. The van der Waals surface area contributed by atoms with Crippen LogP contribution in [0.5, 0.6) is 0 Å². The first-order chi connectivity index (χ1) is 20.9. The largest absolute Gasteiger partial charge is 0.288 e. The lowest BCUT2D eigenvalue weighted by Gasteiger charge is -2.19. The van der Waals surface area contributed by atoms with Crippen molar-refractivity contribution in [3.8, 4) is 5.69 Å². The lowest BCUT2D eigenvalue weighted by Crippen LogP contribution is -2.31. The Balaban J connectivity index is 0.000000153. The average molecular weight is 609 g/mol. The highest BCUT2D eigenvalue weighted by molar-refractivity contribution is 6.31. The molecule has 0 spiro atoms. The molecule has 5 aromatic rings. The highest BCUT2D eigenvalue weighted by Crippen LogP contribution is 2.28. The van der Waals surface area contributed by atoms with Crippen LogP contribution in [0.25, 0.3) is 11.4 Å². The molecule has 0 aliphatic carbocycles. The van der Waals surface area contributed by atoms with E-state index in [9.17, 15) is 5.21 Å². The summed E-state index contributed by atoms with van der Waals surface area (Å²) in [7, 11) is 1.66. The van der Waals surface area contributed by atoms with Crippen molar-refractivity contribution in [3.63, 3.8) is 0 Å². The van der Waals surface area contributed by atoms with Gasteiger partial charge in [-0.3, -0.25) is 19.8 Å². The highest BCUT2D eigenvalue weighted by Gasteiger charge is 2.22. The number of nitrogens with zero attached hydrogens (tertiary/aromatic N) is 7. The van der Waals surface area contributed by atoms with E-state index in [4.69, 9.17) is 28.2 Å². The minimum absolute atomic E-state index is 0.229. The number of fused-ring (bicyclic) bond motifs is 4. The fourth-order valence-electron chi connectivity index (χ4n) is 5.14. The third kappa shape index (κ3) is 5.85. The van der Waals surface area contributed by atoms with Gasteiger partial charge < -0.3 is 0 Å². The van der Waals surface area contributed by atoms with Crippen LogP contribution >= 0.6 is 23.2 Å². The Hall–Kier alpha value is -4.63. The SMILES string of the molecule is CN=C1CN(O)C(c2ccccc2)=c2cc(Cl)ccc2=N1.Cc1nnc2n1-c1ccc(Cl)cc1C(c1ccccc1)=NC2. The summed E-state index contributed by atoms with van der Waals surface area (Å²) in [4.78, 5) is 13.4. The van der Waals surface area contributed by atoms with E-state index >= 15 is 0 Å². The van der Waals surface area contributed by atoms with Crippen molar-refractivity contribution >= 4 is 40.4 Å². The van der Waals surface area contributed by atoms with Gasteiger partial charge in [0.1, 0.15) is 24.7 Å². The molecule has 4 aromatic carbocycles. The summed E-state index contributed by atoms with van der Waals surface area (Å²) in [5.41, 5.74) is 5.60. The first-order valence-corrected chi connectivity index (χ1v) is 14.4. The molecule has 0 amide bonds. The smallest absolute Gasteiger partial charge is 0.159 e. The van der Waals surface area contributed by atoms with Gasteiger partial charge in [0.15, 0.2) is 5.82 Å². The summed E-state index contributed by atoms with van der Waals surface area (Å²) >= 11 is 12.3. The number of benzene rings is 4. The highest BCUT2D eigenvalue weighted by atomic mass is 35.5. The van der Waals surface area contributed by atoms with Gasteiger partial charge in [-0.15, -0.1) is 10.2 Å². The molecule has 0 atom stereocenters. The average Bonchev–Trinajstić information content (AvgIpc) is 3.22. The van der Waals surface area contributed by atoms with Crippen molar-refractivity contribution in [3.05, 3.63) is 146 Å². The summed E-state index contributed by atoms with van der Waals surface area (Å²) in [5, 5.41) is 22.9. The van der Waals surface area contributed by atoms with Crippen LogP contribution in [-0.4, -0.2) is 50.2 Å². The number of aromatic nitrogens is 3. The fourth-order valence-corrected chi connectivity index (χ4v) is 5.48. The number of hydrogen-bond acceptors (Lipinski definition) is 6. The second kappa shape index (κ2) is 12.3. The minimum atomic E-state index is 0.229. The Morgan fingerprint density at radius 1 is 0.814 bits per heavy atom. The molecule has 2 aliphatic rings. The topological polar surface area (TPSA) is 91.3 Å². The van der Waals surface area contributed by atoms with Crippen molar-refractivity contribution in [2.75, 3.05) is 13.6 Å². The van der Waals surface area contributed by atoms with Gasteiger partial charge >= 0.3 is 0 Å². The van der Waals surface area contributed by atoms with Crippen LogP contribution in [0.1, 0.15) is 28.3 Å². The van der Waals surface area contributed by atoms with Crippen molar-refractivity contribution in [2.45, 2.75) is 13.5 Å². The molecule has 1 N–H and O–H groups in total. The first-order valence-electron chi connectivity index (χ1n) is 13.6. The zero-order valence-corrected chi connectivity index (χ0v) is 25.0. The van der Waals surface area contributed by atoms with Gasteiger partial charge in [-0.25, -0.2) is 10.1 Å². The number of hydrogen-bond donors (Lipinski definition) is 1. The molecule has 0 unspecified atom stereocenters. The van der Waals surface area contributed by atoms with Gasteiger partial charge in [0, 0.05) is 39.0 Å². The second-order valence-corrected chi connectivity index (χ2v) is 10.7. The van der Waals surface area contributed by atoms with Crippen molar-refractivity contribution in [1.29, 1.82) is 0 Å². The zero-order chi connectivity index (χ0) is 29.9. The Bertz CT molecular complexity index is 1990. The van der Waals surface area contributed by atoms with Gasteiger partial charge in [-0.2, -0.15) is 0 Å². The number of aliphatic imine (C=N–C) groups is 2. The van der Waals surface area contributed by atoms with E-state index in [1.54, 1.807) is 13.1 Å². The Morgan fingerprint density at radius 2 is 1.49 bits per heavy atom. The van der Waals surface area contributed by atoms with E-state index in [1.807, 2.05) is 90.4 Å². The first kappa shape index (κ1) is 28.5. The van der Waals surface area contributed by atoms with Gasteiger partial charge in [0.2, 0.25) is 0 Å². The summed E-state index contributed by atoms with van der Waals surface area (Å²) in [5.74, 6) is 2.25. The van der Waals surface area contributed by atoms with Crippen LogP contribution in [0.3, 0.4) is 0 Å². The molecule has 10 heteroatoms. The third-order valence-corrected chi connectivity index (χ3v) is 7.56. The molecule has 1 aromatic heterocycles. The van der Waals surface area contributed by atoms with Crippen LogP contribution in [0, 0.1) is 6.92 Å². The molecular weight excluding hydrogens is 581 g/mol. The summed E-state index contributed by atoms with van der Waals surface area (Å²) in [6.45, 7) is 2.67. The van der Waals surface area contributed by atoms with Crippen LogP contribution in [-0.2, 0) is 6.54 Å². The third-order valence-electron chi connectivity index (χ3n) is 7.09. The fraction of sp³-hybridized carbons (Fsp3) is 0.121. The summed E-state index contributed by atoms with van der Waals surface area (Å²) in [6.07, 6.45) is 0. The predicted octanol–water partition coefficient (Wildman–Crippen LogP) is 5.43. The van der Waals surface area contributed by atoms with E-state index in [0.29, 0.717) is 28.1 Å². The Labute approximate surface area is 258 Å². The molecule has 43 heavy (non-hydrogen) atoms. The molecule has 0 radical (unpaired) electrons. The molecule has 0 saturated carbocycles. The van der Waals surface area contributed by atoms with Crippen LogP contribution in [0.4, 0.5) is 0 Å². The van der Waals surface area contributed by atoms with Crippen LogP contribution < -0.4 is 10.6 Å². The molecule has 3 heterocycles. The molecule has 7 rings (SSSR count). The quantitative estimate of drug-likeness (QED) is 0.290.